The second kappa shape index (κ2) is 8.54. The summed E-state index contributed by atoms with van der Waals surface area (Å²) in [6.45, 7) is 0.0993. The number of nitrogens with zero attached hydrogens (tertiary/aromatic N) is 1. The Morgan fingerprint density at radius 1 is 0.893 bits per heavy atom. The standard InChI is InChI=1S/C21H20ClNO4S/c1-26-19-8-5-7-18(14-19)23(15-16-6-3-4-9-21(16)27-2)28(24,25)20-12-10-17(22)11-13-20/h3-14H,15H2,1-2H3. The number of para-hydroxylation sites is 1. The molecule has 0 aliphatic heterocycles. The predicted molar refractivity (Wildman–Crippen MR) is 111 cm³/mol. The fraction of sp³-hybridized carbons (Fsp3) is 0.143. The van der Waals surface area contributed by atoms with Gasteiger partial charge in [-0.1, -0.05) is 35.9 Å². The Balaban J connectivity index is 2.12. The second-order valence-corrected chi connectivity index (χ2v) is 8.28. The largest absolute Gasteiger partial charge is 0.497 e. The first kappa shape index (κ1) is 20.0. The van der Waals surface area contributed by atoms with Crippen molar-refractivity contribution in [2.75, 3.05) is 18.5 Å². The van der Waals surface area contributed by atoms with E-state index in [9.17, 15) is 8.42 Å². The minimum atomic E-state index is -3.86. The summed E-state index contributed by atoms with van der Waals surface area (Å²) in [6.07, 6.45) is 0. The maximum absolute atomic E-state index is 13.4. The minimum absolute atomic E-state index is 0.0993. The lowest BCUT2D eigenvalue weighted by molar-refractivity contribution is 0.409. The molecule has 0 bridgehead atoms. The summed E-state index contributed by atoms with van der Waals surface area (Å²) in [4.78, 5) is 0.148. The van der Waals surface area contributed by atoms with E-state index >= 15 is 0 Å². The smallest absolute Gasteiger partial charge is 0.264 e. The number of hydrogen-bond donors (Lipinski definition) is 0. The Kier molecular flexibility index (Phi) is 6.11. The monoisotopic (exact) mass is 417 g/mol. The van der Waals surface area contributed by atoms with Gasteiger partial charge < -0.3 is 9.47 Å². The Bertz CT molecular complexity index is 1050. The fourth-order valence-corrected chi connectivity index (χ4v) is 4.36. The van der Waals surface area contributed by atoms with Crippen molar-refractivity contribution in [3.05, 3.63) is 83.4 Å². The van der Waals surface area contributed by atoms with Crippen molar-refractivity contribution < 1.29 is 17.9 Å². The average molecular weight is 418 g/mol. The van der Waals surface area contributed by atoms with E-state index in [4.69, 9.17) is 21.1 Å². The summed E-state index contributed by atoms with van der Waals surface area (Å²) in [5, 5.41) is 0.469. The molecule has 0 aromatic heterocycles. The molecule has 28 heavy (non-hydrogen) atoms. The molecule has 7 heteroatoms. The van der Waals surface area contributed by atoms with E-state index in [1.807, 2.05) is 18.2 Å². The number of rotatable bonds is 7. The highest BCUT2D eigenvalue weighted by atomic mass is 35.5. The van der Waals surface area contributed by atoms with Crippen molar-refractivity contribution in [1.29, 1.82) is 0 Å². The minimum Gasteiger partial charge on any atom is -0.497 e. The van der Waals surface area contributed by atoms with E-state index in [0.29, 0.717) is 22.2 Å². The molecule has 0 fully saturated rings. The van der Waals surface area contributed by atoms with E-state index in [0.717, 1.165) is 5.56 Å². The SMILES string of the molecule is COc1cccc(N(Cc2ccccc2OC)S(=O)(=O)c2ccc(Cl)cc2)c1. The van der Waals surface area contributed by atoms with Gasteiger partial charge >= 0.3 is 0 Å². The normalized spacial score (nSPS) is 11.1. The van der Waals surface area contributed by atoms with Crippen LogP contribution in [0, 0.1) is 0 Å². The molecule has 3 aromatic carbocycles. The molecule has 0 amide bonds. The molecule has 0 aliphatic carbocycles. The third kappa shape index (κ3) is 4.24. The van der Waals surface area contributed by atoms with Crippen molar-refractivity contribution in [2.24, 2.45) is 0 Å². The van der Waals surface area contributed by atoms with Crippen LogP contribution in [0.2, 0.25) is 5.02 Å². The number of benzene rings is 3. The van der Waals surface area contributed by atoms with Crippen molar-refractivity contribution in [2.45, 2.75) is 11.4 Å². The van der Waals surface area contributed by atoms with Crippen molar-refractivity contribution in [3.63, 3.8) is 0 Å². The molecule has 0 N–H and O–H groups in total. The van der Waals surface area contributed by atoms with Crippen LogP contribution in [0.4, 0.5) is 5.69 Å². The zero-order valence-corrected chi connectivity index (χ0v) is 17.1. The van der Waals surface area contributed by atoms with Gasteiger partial charge in [0.2, 0.25) is 0 Å². The quantitative estimate of drug-likeness (QED) is 0.556. The van der Waals surface area contributed by atoms with Crippen LogP contribution in [-0.4, -0.2) is 22.6 Å². The fourth-order valence-electron chi connectivity index (χ4n) is 2.80. The summed E-state index contributed by atoms with van der Waals surface area (Å²) in [5.74, 6) is 1.18. The van der Waals surface area contributed by atoms with Gasteiger partial charge in [-0.15, -0.1) is 0 Å². The number of sulfonamides is 1. The lowest BCUT2D eigenvalue weighted by Crippen LogP contribution is -2.30. The van der Waals surface area contributed by atoms with E-state index in [1.165, 1.54) is 23.5 Å². The first-order chi connectivity index (χ1) is 13.5. The number of halogens is 1. The van der Waals surface area contributed by atoms with Crippen LogP contribution in [0.1, 0.15) is 5.56 Å². The average Bonchev–Trinajstić information content (AvgIpc) is 2.72. The second-order valence-electron chi connectivity index (χ2n) is 5.98. The summed E-state index contributed by atoms with van der Waals surface area (Å²) >= 11 is 5.93. The summed E-state index contributed by atoms with van der Waals surface area (Å²) < 4.78 is 38.9. The highest BCUT2D eigenvalue weighted by Gasteiger charge is 2.26. The molecule has 0 atom stereocenters. The molecular weight excluding hydrogens is 398 g/mol. The van der Waals surface area contributed by atoms with E-state index in [1.54, 1.807) is 49.6 Å². The van der Waals surface area contributed by atoms with Gasteiger partial charge in [0, 0.05) is 16.7 Å². The zero-order valence-electron chi connectivity index (χ0n) is 15.5. The molecule has 0 saturated carbocycles. The van der Waals surface area contributed by atoms with Crippen LogP contribution in [0.15, 0.2) is 77.7 Å². The van der Waals surface area contributed by atoms with Gasteiger partial charge in [0.1, 0.15) is 11.5 Å². The number of ether oxygens (including phenoxy) is 2. The van der Waals surface area contributed by atoms with Gasteiger partial charge in [-0.2, -0.15) is 0 Å². The lowest BCUT2D eigenvalue weighted by atomic mass is 10.2. The topological polar surface area (TPSA) is 55.8 Å². The van der Waals surface area contributed by atoms with Crippen LogP contribution in [0.25, 0.3) is 0 Å². The molecule has 3 aromatic rings. The van der Waals surface area contributed by atoms with Gasteiger partial charge in [0.25, 0.3) is 10.0 Å². The Hall–Kier alpha value is -2.70. The Morgan fingerprint density at radius 3 is 2.29 bits per heavy atom. The van der Waals surface area contributed by atoms with Gasteiger partial charge in [-0.25, -0.2) is 8.42 Å². The molecule has 0 spiro atoms. The summed E-state index contributed by atoms with van der Waals surface area (Å²) in [6, 6.07) is 20.3. The Labute approximate surface area is 170 Å². The summed E-state index contributed by atoms with van der Waals surface area (Å²) in [7, 11) is -0.758. The third-order valence-electron chi connectivity index (χ3n) is 4.25. The zero-order chi connectivity index (χ0) is 20.1. The maximum atomic E-state index is 13.4. The first-order valence-corrected chi connectivity index (χ1v) is 10.3. The molecular formula is C21H20ClNO4S. The maximum Gasteiger partial charge on any atom is 0.264 e. The lowest BCUT2D eigenvalue weighted by Gasteiger charge is -2.26. The van der Waals surface area contributed by atoms with E-state index in [2.05, 4.69) is 0 Å². The molecule has 0 saturated heterocycles. The van der Waals surface area contributed by atoms with Crippen molar-refractivity contribution in [1.82, 2.24) is 0 Å². The summed E-state index contributed by atoms with van der Waals surface area (Å²) in [5.41, 5.74) is 1.23. The highest BCUT2D eigenvalue weighted by Crippen LogP contribution is 2.31. The first-order valence-electron chi connectivity index (χ1n) is 8.50. The molecule has 146 valence electrons. The van der Waals surface area contributed by atoms with Gasteiger partial charge in [-0.3, -0.25) is 4.31 Å². The third-order valence-corrected chi connectivity index (χ3v) is 6.29. The van der Waals surface area contributed by atoms with Crippen LogP contribution in [0.3, 0.4) is 0 Å². The van der Waals surface area contributed by atoms with Crippen LogP contribution in [-0.2, 0) is 16.6 Å². The number of methoxy groups -OCH3 is 2. The molecule has 5 nitrogen and oxygen atoms in total. The molecule has 0 heterocycles. The predicted octanol–water partition coefficient (Wildman–Crippen LogP) is 4.75. The molecule has 3 rings (SSSR count). The Morgan fingerprint density at radius 2 is 1.61 bits per heavy atom. The van der Waals surface area contributed by atoms with E-state index in [-0.39, 0.29) is 11.4 Å². The van der Waals surface area contributed by atoms with Gasteiger partial charge in [-0.05, 0) is 42.5 Å². The van der Waals surface area contributed by atoms with Gasteiger partial charge in [0.05, 0.1) is 31.3 Å². The van der Waals surface area contributed by atoms with E-state index < -0.39 is 10.0 Å². The molecule has 0 unspecified atom stereocenters. The van der Waals surface area contributed by atoms with Crippen LogP contribution < -0.4 is 13.8 Å². The number of anilines is 1. The van der Waals surface area contributed by atoms with Crippen LogP contribution >= 0.6 is 11.6 Å². The van der Waals surface area contributed by atoms with Crippen molar-refractivity contribution in [3.8, 4) is 11.5 Å². The highest BCUT2D eigenvalue weighted by molar-refractivity contribution is 7.92. The van der Waals surface area contributed by atoms with Crippen LogP contribution in [0.5, 0.6) is 11.5 Å². The number of hydrogen-bond acceptors (Lipinski definition) is 4. The molecule has 0 aliphatic rings. The molecule has 0 radical (unpaired) electrons. The van der Waals surface area contributed by atoms with Gasteiger partial charge in [0.15, 0.2) is 0 Å². The van der Waals surface area contributed by atoms with Crippen molar-refractivity contribution >= 4 is 27.3 Å².